The largest absolute Gasteiger partial charge is 0.368 e. The number of carbonyl (C=O) groups excluding carboxylic acids is 1. The maximum Gasteiger partial charge on any atom is 0.237 e. The van der Waals surface area contributed by atoms with E-state index in [1.54, 1.807) is 6.07 Å². The van der Waals surface area contributed by atoms with Crippen LogP contribution >= 0.6 is 24.8 Å². The first-order valence-corrected chi connectivity index (χ1v) is 6.12. The molecule has 0 atom stereocenters. The van der Waals surface area contributed by atoms with Crippen LogP contribution in [0.4, 0.5) is 4.39 Å². The van der Waals surface area contributed by atoms with Crippen LogP contribution in [0.2, 0.25) is 0 Å². The second-order valence-electron chi connectivity index (χ2n) is 4.68. The Morgan fingerprint density at radius 2 is 2.00 bits per heavy atom. The predicted molar refractivity (Wildman–Crippen MR) is 81.8 cm³/mol. The van der Waals surface area contributed by atoms with Gasteiger partial charge in [0.2, 0.25) is 5.91 Å². The predicted octanol–water partition coefficient (Wildman–Crippen LogP) is 1.37. The van der Waals surface area contributed by atoms with Crippen LogP contribution in [-0.4, -0.2) is 24.5 Å². The number of rotatable bonds is 4. The lowest BCUT2D eigenvalue weighted by Crippen LogP contribution is -2.60. The lowest BCUT2D eigenvalue weighted by atomic mass is 9.87. The molecule has 0 bridgehead atoms. The summed E-state index contributed by atoms with van der Waals surface area (Å²) in [5, 5.41) is 6.39. The van der Waals surface area contributed by atoms with Gasteiger partial charge in [0.15, 0.2) is 0 Å². The molecule has 1 aliphatic rings. The van der Waals surface area contributed by atoms with E-state index in [0.717, 1.165) is 18.7 Å². The number of nitrogens with one attached hydrogen (secondary N) is 2. The summed E-state index contributed by atoms with van der Waals surface area (Å²) in [6, 6.07) is 6.35. The number of primary amides is 1. The highest BCUT2D eigenvalue weighted by Crippen LogP contribution is 2.18. The van der Waals surface area contributed by atoms with Crippen LogP contribution in [0, 0.1) is 5.82 Å². The number of halogens is 3. The fourth-order valence-electron chi connectivity index (χ4n) is 2.28. The Labute approximate surface area is 130 Å². The van der Waals surface area contributed by atoms with Crippen LogP contribution in [-0.2, 0) is 11.3 Å². The first-order valence-electron chi connectivity index (χ1n) is 6.12. The summed E-state index contributed by atoms with van der Waals surface area (Å²) < 4.78 is 13.1. The van der Waals surface area contributed by atoms with Crippen molar-refractivity contribution in [3.8, 4) is 0 Å². The fraction of sp³-hybridized carbons (Fsp3) is 0.462. The topological polar surface area (TPSA) is 67.2 Å². The Morgan fingerprint density at radius 3 is 2.55 bits per heavy atom. The standard InChI is InChI=1S/C13H18FN3O.2ClH/c14-11-3-1-2-10(8-11)9-17-13(12(15)18)4-6-16-7-5-13;;/h1-3,8,16-17H,4-7,9H2,(H2,15,18);2*1H. The molecule has 20 heavy (non-hydrogen) atoms. The highest BCUT2D eigenvalue weighted by Gasteiger charge is 2.37. The average Bonchev–Trinajstić information content (AvgIpc) is 2.37. The fourth-order valence-corrected chi connectivity index (χ4v) is 2.28. The third kappa shape index (κ3) is 4.59. The number of nitrogens with two attached hydrogens (primary N) is 1. The molecule has 1 aliphatic heterocycles. The molecule has 0 aromatic heterocycles. The zero-order valence-electron chi connectivity index (χ0n) is 11.0. The minimum Gasteiger partial charge on any atom is -0.368 e. The summed E-state index contributed by atoms with van der Waals surface area (Å²) in [4.78, 5) is 11.6. The van der Waals surface area contributed by atoms with E-state index in [2.05, 4.69) is 10.6 Å². The molecular weight excluding hydrogens is 304 g/mol. The quantitative estimate of drug-likeness (QED) is 0.784. The monoisotopic (exact) mass is 323 g/mol. The molecule has 1 heterocycles. The van der Waals surface area contributed by atoms with E-state index < -0.39 is 5.54 Å². The van der Waals surface area contributed by atoms with Gasteiger partial charge in [0.1, 0.15) is 11.4 Å². The van der Waals surface area contributed by atoms with Crippen molar-refractivity contribution in [1.29, 1.82) is 0 Å². The van der Waals surface area contributed by atoms with E-state index >= 15 is 0 Å². The van der Waals surface area contributed by atoms with Gasteiger partial charge in [0.25, 0.3) is 0 Å². The maximum atomic E-state index is 13.1. The van der Waals surface area contributed by atoms with Crippen molar-refractivity contribution in [2.45, 2.75) is 24.9 Å². The van der Waals surface area contributed by atoms with Crippen LogP contribution in [0.5, 0.6) is 0 Å². The van der Waals surface area contributed by atoms with Gasteiger partial charge in [-0.1, -0.05) is 12.1 Å². The van der Waals surface area contributed by atoms with E-state index in [-0.39, 0.29) is 36.5 Å². The van der Waals surface area contributed by atoms with Crippen molar-refractivity contribution >= 4 is 30.7 Å². The molecule has 114 valence electrons. The second-order valence-corrected chi connectivity index (χ2v) is 4.68. The number of hydrogen-bond acceptors (Lipinski definition) is 3. The molecule has 1 fully saturated rings. The van der Waals surface area contributed by atoms with E-state index in [1.165, 1.54) is 12.1 Å². The first kappa shape index (κ1) is 19.1. The average molecular weight is 324 g/mol. The van der Waals surface area contributed by atoms with Crippen molar-refractivity contribution in [3.05, 3.63) is 35.6 Å². The summed E-state index contributed by atoms with van der Waals surface area (Å²) in [7, 11) is 0. The van der Waals surface area contributed by atoms with Gasteiger partial charge >= 0.3 is 0 Å². The van der Waals surface area contributed by atoms with Crippen molar-refractivity contribution in [3.63, 3.8) is 0 Å². The zero-order valence-corrected chi connectivity index (χ0v) is 12.7. The number of carbonyl (C=O) groups is 1. The number of piperidine rings is 1. The molecule has 1 aromatic carbocycles. The lowest BCUT2D eigenvalue weighted by molar-refractivity contribution is -0.125. The minimum absolute atomic E-state index is 0. The molecule has 2 rings (SSSR count). The van der Waals surface area contributed by atoms with E-state index in [1.807, 2.05) is 6.07 Å². The summed E-state index contributed by atoms with van der Waals surface area (Å²) in [6.07, 6.45) is 1.33. The van der Waals surface area contributed by atoms with Gasteiger partial charge in [-0.15, -0.1) is 24.8 Å². The highest BCUT2D eigenvalue weighted by atomic mass is 35.5. The van der Waals surface area contributed by atoms with Gasteiger partial charge in [0.05, 0.1) is 0 Å². The van der Waals surface area contributed by atoms with Gasteiger partial charge in [-0.2, -0.15) is 0 Å². The Hall–Kier alpha value is -0.880. The van der Waals surface area contributed by atoms with E-state index in [9.17, 15) is 9.18 Å². The summed E-state index contributed by atoms with van der Waals surface area (Å²) in [5.74, 6) is -0.604. The molecule has 0 unspecified atom stereocenters. The van der Waals surface area contributed by atoms with Crippen LogP contribution in [0.1, 0.15) is 18.4 Å². The van der Waals surface area contributed by atoms with Crippen molar-refractivity contribution < 1.29 is 9.18 Å². The molecule has 0 aliphatic carbocycles. The maximum absolute atomic E-state index is 13.1. The third-order valence-corrected chi connectivity index (χ3v) is 3.45. The summed E-state index contributed by atoms with van der Waals surface area (Å²) in [6.45, 7) is 1.97. The second kappa shape index (κ2) is 8.42. The molecule has 1 aromatic rings. The van der Waals surface area contributed by atoms with Gasteiger partial charge in [-0.05, 0) is 43.6 Å². The van der Waals surface area contributed by atoms with Gasteiger partial charge in [0, 0.05) is 6.54 Å². The summed E-state index contributed by atoms with van der Waals surface area (Å²) >= 11 is 0. The number of benzene rings is 1. The Bertz CT molecular complexity index is 439. The Balaban J connectivity index is 0.00000180. The molecule has 4 nitrogen and oxygen atoms in total. The van der Waals surface area contributed by atoms with E-state index in [0.29, 0.717) is 19.4 Å². The molecule has 0 radical (unpaired) electrons. The van der Waals surface area contributed by atoms with Gasteiger partial charge in [-0.3, -0.25) is 10.1 Å². The van der Waals surface area contributed by atoms with Crippen molar-refractivity contribution in [2.24, 2.45) is 5.73 Å². The molecule has 1 saturated heterocycles. The molecule has 7 heteroatoms. The molecule has 0 saturated carbocycles. The SMILES string of the molecule is Cl.Cl.NC(=O)C1(NCc2cccc(F)c2)CCNCC1. The first-order chi connectivity index (χ1) is 8.62. The molecule has 1 amide bonds. The Morgan fingerprint density at radius 1 is 1.35 bits per heavy atom. The van der Waals surface area contributed by atoms with Crippen molar-refractivity contribution in [1.82, 2.24) is 10.6 Å². The van der Waals surface area contributed by atoms with Crippen molar-refractivity contribution in [2.75, 3.05) is 13.1 Å². The van der Waals surface area contributed by atoms with Gasteiger partial charge < -0.3 is 11.1 Å². The highest BCUT2D eigenvalue weighted by molar-refractivity contribution is 5.85. The normalized spacial score (nSPS) is 16.6. The van der Waals surface area contributed by atoms with E-state index in [4.69, 9.17) is 5.73 Å². The number of hydrogen-bond donors (Lipinski definition) is 3. The Kier molecular flexibility index (Phi) is 8.05. The van der Waals surface area contributed by atoms with Gasteiger partial charge in [-0.25, -0.2) is 4.39 Å². The lowest BCUT2D eigenvalue weighted by Gasteiger charge is -2.35. The summed E-state index contributed by atoms with van der Waals surface area (Å²) in [5.41, 5.74) is 5.64. The zero-order chi connectivity index (χ0) is 13.0. The van der Waals surface area contributed by atoms with Crippen LogP contribution in [0.25, 0.3) is 0 Å². The van der Waals surface area contributed by atoms with Crippen LogP contribution < -0.4 is 16.4 Å². The number of amides is 1. The van der Waals surface area contributed by atoms with Crippen LogP contribution in [0.15, 0.2) is 24.3 Å². The third-order valence-electron chi connectivity index (χ3n) is 3.45. The molecule has 4 N–H and O–H groups in total. The molecular formula is C13H20Cl2FN3O. The minimum atomic E-state index is -0.669. The smallest absolute Gasteiger partial charge is 0.237 e. The molecule has 0 spiro atoms. The van der Waals surface area contributed by atoms with Crippen LogP contribution in [0.3, 0.4) is 0 Å².